The molecule has 28 heavy (non-hydrogen) atoms. The van der Waals surface area contributed by atoms with E-state index in [2.05, 4.69) is 5.43 Å². The van der Waals surface area contributed by atoms with Crippen molar-refractivity contribution in [2.24, 2.45) is 0 Å². The molecule has 2 heterocycles. The van der Waals surface area contributed by atoms with Crippen molar-refractivity contribution >= 4 is 27.5 Å². The third kappa shape index (κ3) is 2.48. The highest BCUT2D eigenvalue weighted by molar-refractivity contribution is 6.04. The molecule has 2 aromatic heterocycles. The Morgan fingerprint density at radius 1 is 0.821 bits per heavy atom. The van der Waals surface area contributed by atoms with Crippen LogP contribution in [-0.2, 0) is 0 Å². The number of nitrogens with one attached hydrogen (secondary N) is 1. The molecule has 0 aliphatic carbocycles. The van der Waals surface area contributed by atoms with Crippen molar-refractivity contribution in [1.29, 1.82) is 0 Å². The van der Waals surface area contributed by atoms with Crippen LogP contribution < -0.4 is 11.0 Å². The molecule has 0 unspecified atom stereocenters. The van der Waals surface area contributed by atoms with Crippen molar-refractivity contribution in [3.05, 3.63) is 101 Å². The molecule has 5 heteroatoms. The molecule has 136 valence electrons. The highest BCUT2D eigenvalue weighted by atomic mass is 16.1. The van der Waals surface area contributed by atoms with Gasteiger partial charge in [0.2, 0.25) is 0 Å². The first-order valence-corrected chi connectivity index (χ1v) is 9.14. The Bertz CT molecular complexity index is 1350. The summed E-state index contributed by atoms with van der Waals surface area (Å²) < 4.78 is 1.76. The van der Waals surface area contributed by atoms with Crippen molar-refractivity contribution in [3.8, 4) is 5.69 Å². The maximum Gasteiger partial charge on any atom is 0.267 e. The predicted octanol–water partition coefficient (Wildman–Crippen LogP) is 4.52. The Labute approximate surface area is 161 Å². The molecule has 3 aromatic carbocycles. The Hall–Kier alpha value is -3.86. The molecule has 1 N–H and O–H groups in total. The fourth-order valence-electron chi connectivity index (χ4n) is 3.61. The van der Waals surface area contributed by atoms with Gasteiger partial charge in [-0.25, -0.2) is 0 Å². The van der Waals surface area contributed by atoms with Gasteiger partial charge in [-0.2, -0.15) is 9.89 Å². The van der Waals surface area contributed by atoms with Crippen molar-refractivity contribution < 1.29 is 0 Å². The standard InChI is InChI=1S/C23H18N4O/c1-16-21-22(25-27(16)24-17-10-4-2-5-11-17)19-14-8-9-15-20(19)26(23(21)28)18-12-6-3-7-13-18/h2-15,24H,1H3. The molecule has 0 amide bonds. The van der Waals surface area contributed by atoms with E-state index in [1.807, 2.05) is 91.9 Å². The summed E-state index contributed by atoms with van der Waals surface area (Å²) in [6.45, 7) is 1.91. The molecule has 5 rings (SSSR count). The minimum absolute atomic E-state index is 0.0708. The van der Waals surface area contributed by atoms with Crippen LogP contribution in [0.25, 0.3) is 27.5 Å². The number of rotatable bonds is 3. The third-order valence-corrected chi connectivity index (χ3v) is 4.96. The summed E-state index contributed by atoms with van der Waals surface area (Å²) in [5.74, 6) is 0. The van der Waals surface area contributed by atoms with E-state index in [-0.39, 0.29) is 5.56 Å². The summed E-state index contributed by atoms with van der Waals surface area (Å²) in [5, 5.41) is 6.28. The largest absolute Gasteiger partial charge is 0.278 e. The van der Waals surface area contributed by atoms with Gasteiger partial charge in [0.05, 0.1) is 22.3 Å². The van der Waals surface area contributed by atoms with E-state index < -0.39 is 0 Å². The maximum absolute atomic E-state index is 13.5. The Morgan fingerprint density at radius 2 is 1.46 bits per heavy atom. The van der Waals surface area contributed by atoms with E-state index in [0.29, 0.717) is 10.9 Å². The molecule has 0 saturated heterocycles. The predicted molar refractivity (Wildman–Crippen MR) is 113 cm³/mol. The summed E-state index contributed by atoms with van der Waals surface area (Å²) in [6, 6.07) is 27.4. The molecule has 0 bridgehead atoms. The van der Waals surface area contributed by atoms with Gasteiger partial charge in [0, 0.05) is 11.1 Å². The number of aryl methyl sites for hydroxylation is 1. The second kappa shape index (κ2) is 6.39. The second-order valence-corrected chi connectivity index (χ2v) is 6.69. The van der Waals surface area contributed by atoms with Crippen molar-refractivity contribution in [3.63, 3.8) is 0 Å². The lowest BCUT2D eigenvalue weighted by Gasteiger charge is -2.11. The van der Waals surface area contributed by atoms with Gasteiger partial charge in [0.25, 0.3) is 5.56 Å². The lowest BCUT2D eigenvalue weighted by atomic mass is 10.1. The second-order valence-electron chi connectivity index (χ2n) is 6.69. The van der Waals surface area contributed by atoms with E-state index in [9.17, 15) is 4.79 Å². The number of nitrogens with zero attached hydrogens (tertiary/aromatic N) is 3. The number of anilines is 1. The molecular weight excluding hydrogens is 348 g/mol. The van der Waals surface area contributed by atoms with Gasteiger partial charge < -0.3 is 0 Å². The molecule has 0 aliphatic rings. The summed E-state index contributed by atoms with van der Waals surface area (Å²) in [5.41, 5.74) is 7.27. The van der Waals surface area contributed by atoms with Gasteiger partial charge in [-0.15, -0.1) is 0 Å². The lowest BCUT2D eigenvalue weighted by Crippen LogP contribution is -2.19. The van der Waals surface area contributed by atoms with Crippen molar-refractivity contribution in [1.82, 2.24) is 14.5 Å². The van der Waals surface area contributed by atoms with Gasteiger partial charge in [0.1, 0.15) is 5.52 Å². The van der Waals surface area contributed by atoms with Gasteiger partial charge in [-0.05, 0) is 37.3 Å². The first kappa shape index (κ1) is 16.3. The van der Waals surface area contributed by atoms with Gasteiger partial charge >= 0.3 is 0 Å². The average Bonchev–Trinajstić information content (AvgIpc) is 3.06. The smallest absolute Gasteiger partial charge is 0.267 e. The van der Waals surface area contributed by atoms with Crippen LogP contribution in [0.4, 0.5) is 5.69 Å². The zero-order valence-electron chi connectivity index (χ0n) is 15.3. The van der Waals surface area contributed by atoms with Crippen molar-refractivity contribution in [2.45, 2.75) is 6.92 Å². The van der Waals surface area contributed by atoms with Crippen LogP contribution >= 0.6 is 0 Å². The van der Waals surface area contributed by atoms with Crippen LogP contribution in [0.3, 0.4) is 0 Å². The van der Waals surface area contributed by atoms with Gasteiger partial charge in [-0.3, -0.25) is 14.8 Å². The number of benzene rings is 3. The zero-order valence-corrected chi connectivity index (χ0v) is 15.3. The third-order valence-electron chi connectivity index (χ3n) is 4.96. The minimum atomic E-state index is -0.0708. The Balaban J connectivity index is 1.84. The van der Waals surface area contributed by atoms with E-state index in [4.69, 9.17) is 5.10 Å². The van der Waals surface area contributed by atoms with Crippen LogP contribution in [0.15, 0.2) is 89.7 Å². The van der Waals surface area contributed by atoms with Crippen LogP contribution in [0.2, 0.25) is 0 Å². The molecule has 0 spiro atoms. The first-order chi connectivity index (χ1) is 13.7. The lowest BCUT2D eigenvalue weighted by molar-refractivity contribution is 0.787. The summed E-state index contributed by atoms with van der Waals surface area (Å²) in [7, 11) is 0. The number of para-hydroxylation sites is 3. The Morgan fingerprint density at radius 3 is 2.21 bits per heavy atom. The van der Waals surface area contributed by atoms with Gasteiger partial charge in [0.15, 0.2) is 0 Å². The number of aromatic nitrogens is 3. The molecule has 0 atom stereocenters. The first-order valence-electron chi connectivity index (χ1n) is 9.14. The summed E-state index contributed by atoms with van der Waals surface area (Å²) in [6.07, 6.45) is 0. The molecular formula is C23H18N4O. The van der Waals surface area contributed by atoms with Gasteiger partial charge in [-0.1, -0.05) is 54.6 Å². The molecule has 5 nitrogen and oxygen atoms in total. The highest BCUT2D eigenvalue weighted by Gasteiger charge is 2.18. The fourth-order valence-corrected chi connectivity index (χ4v) is 3.61. The van der Waals surface area contributed by atoms with E-state index in [1.165, 1.54) is 0 Å². The topological polar surface area (TPSA) is 51.9 Å². The monoisotopic (exact) mass is 366 g/mol. The van der Waals surface area contributed by atoms with Crippen molar-refractivity contribution in [2.75, 3.05) is 5.43 Å². The molecule has 0 saturated carbocycles. The van der Waals surface area contributed by atoms with E-state index in [0.717, 1.165) is 28.0 Å². The zero-order chi connectivity index (χ0) is 19.1. The maximum atomic E-state index is 13.5. The number of pyridine rings is 1. The van der Waals surface area contributed by atoms with Crippen LogP contribution in [0, 0.1) is 6.92 Å². The minimum Gasteiger partial charge on any atom is -0.278 e. The molecule has 0 fully saturated rings. The summed E-state index contributed by atoms with van der Waals surface area (Å²) >= 11 is 0. The molecule has 0 radical (unpaired) electrons. The fraction of sp³-hybridized carbons (Fsp3) is 0.0435. The molecule has 5 aromatic rings. The van der Waals surface area contributed by atoms with Crippen LogP contribution in [-0.4, -0.2) is 14.5 Å². The number of hydrogen-bond acceptors (Lipinski definition) is 3. The Kier molecular flexibility index (Phi) is 3.72. The quantitative estimate of drug-likeness (QED) is 0.511. The van der Waals surface area contributed by atoms with E-state index in [1.54, 1.807) is 9.36 Å². The SMILES string of the molecule is Cc1c2c(=O)n(-c3ccccc3)c3ccccc3c2nn1Nc1ccccc1. The highest BCUT2D eigenvalue weighted by Crippen LogP contribution is 2.26. The molecule has 0 aliphatic heterocycles. The van der Waals surface area contributed by atoms with Crippen LogP contribution in [0.5, 0.6) is 0 Å². The normalized spacial score (nSPS) is 11.2. The van der Waals surface area contributed by atoms with E-state index >= 15 is 0 Å². The average molecular weight is 366 g/mol. The summed E-state index contributed by atoms with van der Waals surface area (Å²) in [4.78, 5) is 15.2. The number of hydrogen-bond donors (Lipinski definition) is 1. The number of fused-ring (bicyclic) bond motifs is 3. The van der Waals surface area contributed by atoms with Crippen LogP contribution in [0.1, 0.15) is 5.69 Å².